The van der Waals surface area contributed by atoms with Crippen LogP contribution < -0.4 is 4.90 Å². The van der Waals surface area contributed by atoms with E-state index >= 15 is 0 Å². The molecule has 1 aromatic carbocycles. The first-order chi connectivity index (χ1) is 11.8. The minimum absolute atomic E-state index is 0.819. The molecule has 0 aliphatic carbocycles. The third-order valence-electron chi connectivity index (χ3n) is 4.39. The average molecular weight is 320 g/mol. The van der Waals surface area contributed by atoms with Crippen molar-refractivity contribution in [3.05, 3.63) is 55.1 Å². The Labute approximate surface area is 141 Å². The van der Waals surface area contributed by atoms with Gasteiger partial charge in [0.25, 0.3) is 0 Å². The Bertz CT molecular complexity index is 771. The Morgan fingerprint density at radius 1 is 0.875 bits per heavy atom. The smallest absolute Gasteiger partial charge is 0.225 e. The summed E-state index contributed by atoms with van der Waals surface area (Å²) in [7, 11) is 2.15. The van der Waals surface area contributed by atoms with Gasteiger partial charge in [-0.1, -0.05) is 12.1 Å². The maximum absolute atomic E-state index is 4.55. The van der Waals surface area contributed by atoms with E-state index < -0.39 is 0 Å². The number of likely N-dealkylation sites (N-methyl/N-ethyl adjacent to an activating group) is 1. The van der Waals surface area contributed by atoms with E-state index in [4.69, 9.17) is 0 Å². The predicted molar refractivity (Wildman–Crippen MR) is 94.3 cm³/mol. The van der Waals surface area contributed by atoms with Gasteiger partial charge >= 0.3 is 0 Å². The maximum atomic E-state index is 4.55. The summed E-state index contributed by atoms with van der Waals surface area (Å²) in [6, 6.07) is 10.2. The normalized spacial score (nSPS) is 15.6. The summed E-state index contributed by atoms with van der Waals surface area (Å²) in [6.07, 6.45) is 7.52. The second kappa shape index (κ2) is 6.41. The van der Waals surface area contributed by atoms with E-state index in [-0.39, 0.29) is 0 Å². The van der Waals surface area contributed by atoms with Crippen LogP contribution in [0.2, 0.25) is 0 Å². The molecule has 0 radical (unpaired) electrons. The summed E-state index contributed by atoms with van der Waals surface area (Å²) in [5.41, 5.74) is 3.18. The second-order valence-electron chi connectivity index (χ2n) is 6.06. The molecular weight excluding hydrogens is 300 g/mol. The zero-order valence-corrected chi connectivity index (χ0v) is 13.7. The summed E-state index contributed by atoms with van der Waals surface area (Å²) in [5.74, 6) is 0.819. The van der Waals surface area contributed by atoms with Crippen molar-refractivity contribution in [3.8, 4) is 16.8 Å². The highest BCUT2D eigenvalue weighted by Gasteiger charge is 2.16. The van der Waals surface area contributed by atoms with Crippen LogP contribution in [0.5, 0.6) is 0 Å². The number of hydrogen-bond acceptors (Lipinski definition) is 5. The van der Waals surface area contributed by atoms with Gasteiger partial charge in [0.1, 0.15) is 0 Å². The summed E-state index contributed by atoms with van der Waals surface area (Å²) in [4.78, 5) is 13.7. The van der Waals surface area contributed by atoms with Crippen LogP contribution in [0.4, 0.5) is 5.95 Å². The molecule has 1 saturated heterocycles. The van der Waals surface area contributed by atoms with Gasteiger partial charge in [-0.3, -0.25) is 0 Å². The maximum Gasteiger partial charge on any atom is 0.225 e. The van der Waals surface area contributed by atoms with Crippen LogP contribution in [-0.4, -0.2) is 57.9 Å². The lowest BCUT2D eigenvalue weighted by atomic mass is 10.1. The molecule has 0 amide bonds. The minimum Gasteiger partial charge on any atom is -0.338 e. The van der Waals surface area contributed by atoms with E-state index in [1.165, 1.54) is 0 Å². The van der Waals surface area contributed by atoms with Crippen molar-refractivity contribution in [1.29, 1.82) is 0 Å². The molecule has 1 fully saturated rings. The molecule has 0 saturated carbocycles. The fourth-order valence-corrected chi connectivity index (χ4v) is 2.87. The van der Waals surface area contributed by atoms with Crippen LogP contribution in [0.25, 0.3) is 16.8 Å². The van der Waals surface area contributed by atoms with Crippen LogP contribution in [0.1, 0.15) is 0 Å². The van der Waals surface area contributed by atoms with Gasteiger partial charge in [-0.05, 0) is 30.8 Å². The molecular formula is C18H20N6. The molecule has 1 aliphatic rings. The number of piperazine rings is 1. The zero-order chi connectivity index (χ0) is 16.4. The topological polar surface area (TPSA) is 50.1 Å². The molecule has 6 heteroatoms. The van der Waals surface area contributed by atoms with Gasteiger partial charge in [0.2, 0.25) is 5.95 Å². The van der Waals surface area contributed by atoms with Crippen LogP contribution >= 0.6 is 0 Å². The predicted octanol–water partition coefficient (Wildman–Crippen LogP) is 2.08. The van der Waals surface area contributed by atoms with Crippen molar-refractivity contribution in [1.82, 2.24) is 24.6 Å². The first kappa shape index (κ1) is 14.8. The standard InChI is InChI=1S/C18H20N6/c1-22-9-11-23(12-10-22)18-19-13-16(14-20-18)15-3-5-17(6-4-15)24-8-2-7-21-24/h2-8,13-14H,9-12H2,1H3. The van der Waals surface area contributed by atoms with Gasteiger partial charge in [0, 0.05) is 56.5 Å². The molecule has 6 nitrogen and oxygen atoms in total. The van der Waals surface area contributed by atoms with Crippen molar-refractivity contribution >= 4 is 5.95 Å². The number of rotatable bonds is 3. The summed E-state index contributed by atoms with van der Waals surface area (Å²) < 4.78 is 1.84. The first-order valence-corrected chi connectivity index (χ1v) is 8.15. The molecule has 0 N–H and O–H groups in total. The molecule has 24 heavy (non-hydrogen) atoms. The van der Waals surface area contributed by atoms with Crippen LogP contribution in [0, 0.1) is 0 Å². The van der Waals surface area contributed by atoms with E-state index in [1.807, 2.05) is 29.3 Å². The van der Waals surface area contributed by atoms with Crippen molar-refractivity contribution in [2.75, 3.05) is 38.1 Å². The fraction of sp³-hybridized carbons (Fsp3) is 0.278. The molecule has 3 aromatic rings. The summed E-state index contributed by atoms with van der Waals surface area (Å²) in [5, 5.41) is 4.24. The average Bonchev–Trinajstić information content (AvgIpc) is 3.17. The highest BCUT2D eigenvalue weighted by Crippen LogP contribution is 2.21. The Kier molecular flexibility index (Phi) is 3.96. The van der Waals surface area contributed by atoms with Crippen LogP contribution in [-0.2, 0) is 0 Å². The van der Waals surface area contributed by atoms with Crippen molar-refractivity contribution in [2.45, 2.75) is 0 Å². The minimum atomic E-state index is 0.819. The van der Waals surface area contributed by atoms with Crippen molar-refractivity contribution in [3.63, 3.8) is 0 Å². The molecule has 0 spiro atoms. The number of anilines is 1. The first-order valence-electron chi connectivity index (χ1n) is 8.15. The highest BCUT2D eigenvalue weighted by molar-refractivity contribution is 5.63. The highest BCUT2D eigenvalue weighted by atomic mass is 15.3. The number of nitrogens with zero attached hydrogens (tertiary/aromatic N) is 6. The van der Waals surface area contributed by atoms with Gasteiger partial charge in [-0.25, -0.2) is 14.6 Å². The molecule has 2 aromatic heterocycles. The van der Waals surface area contributed by atoms with Gasteiger partial charge < -0.3 is 9.80 Å². The number of benzene rings is 1. The molecule has 0 atom stereocenters. The molecule has 4 rings (SSSR count). The van der Waals surface area contributed by atoms with Crippen LogP contribution in [0.3, 0.4) is 0 Å². The van der Waals surface area contributed by atoms with E-state index in [0.717, 1.165) is 48.9 Å². The molecule has 0 bridgehead atoms. The Hall–Kier alpha value is -2.73. The van der Waals surface area contributed by atoms with E-state index in [9.17, 15) is 0 Å². The third-order valence-corrected chi connectivity index (χ3v) is 4.39. The largest absolute Gasteiger partial charge is 0.338 e. The van der Waals surface area contributed by atoms with Crippen LogP contribution in [0.15, 0.2) is 55.1 Å². The summed E-state index contributed by atoms with van der Waals surface area (Å²) in [6.45, 7) is 4.07. The third kappa shape index (κ3) is 3.00. The summed E-state index contributed by atoms with van der Waals surface area (Å²) >= 11 is 0. The second-order valence-corrected chi connectivity index (χ2v) is 6.06. The molecule has 1 aliphatic heterocycles. The van der Waals surface area contributed by atoms with Crippen molar-refractivity contribution in [2.24, 2.45) is 0 Å². The fourth-order valence-electron chi connectivity index (χ4n) is 2.87. The lowest BCUT2D eigenvalue weighted by Gasteiger charge is -2.32. The monoisotopic (exact) mass is 320 g/mol. The molecule has 0 unspecified atom stereocenters. The SMILES string of the molecule is CN1CCN(c2ncc(-c3ccc(-n4cccn4)cc3)cn2)CC1. The Morgan fingerprint density at radius 3 is 2.21 bits per heavy atom. The van der Waals surface area contributed by atoms with Gasteiger partial charge in [-0.2, -0.15) is 5.10 Å². The van der Waals surface area contributed by atoms with Gasteiger partial charge in [-0.15, -0.1) is 0 Å². The lowest BCUT2D eigenvalue weighted by molar-refractivity contribution is 0.311. The molecule has 3 heterocycles. The Balaban J connectivity index is 1.50. The van der Waals surface area contributed by atoms with Gasteiger partial charge in [0.05, 0.1) is 5.69 Å². The number of hydrogen-bond donors (Lipinski definition) is 0. The van der Waals surface area contributed by atoms with E-state index in [0.29, 0.717) is 0 Å². The number of aromatic nitrogens is 4. The van der Waals surface area contributed by atoms with Gasteiger partial charge in [0.15, 0.2) is 0 Å². The lowest BCUT2D eigenvalue weighted by Crippen LogP contribution is -2.45. The Morgan fingerprint density at radius 2 is 1.58 bits per heavy atom. The zero-order valence-electron chi connectivity index (χ0n) is 13.7. The van der Waals surface area contributed by atoms with Crippen molar-refractivity contribution < 1.29 is 0 Å². The van der Waals surface area contributed by atoms with E-state index in [2.05, 4.69) is 56.2 Å². The van der Waals surface area contributed by atoms with E-state index in [1.54, 1.807) is 6.20 Å². The quantitative estimate of drug-likeness (QED) is 0.739. The molecule has 122 valence electrons.